The molecular formula is C42H38BrCl2CoN10O8S2-. The first-order chi connectivity index (χ1) is 30.7. The molecule has 0 bridgehead atoms. The van der Waals surface area contributed by atoms with Gasteiger partial charge in [-0.2, -0.15) is 4.58 Å². The van der Waals surface area contributed by atoms with Gasteiger partial charge in [0.1, 0.15) is 30.0 Å². The van der Waals surface area contributed by atoms with Crippen LogP contribution in [0, 0.1) is 27.2 Å². The van der Waals surface area contributed by atoms with E-state index in [-0.39, 0.29) is 74.8 Å². The van der Waals surface area contributed by atoms with E-state index in [9.17, 15) is 40.0 Å². The van der Waals surface area contributed by atoms with Crippen molar-refractivity contribution >= 4 is 118 Å². The number of fused-ring (bicyclic) bond motifs is 1. The van der Waals surface area contributed by atoms with Gasteiger partial charge in [0.2, 0.25) is 17.3 Å². The molecule has 0 spiro atoms. The fraction of sp³-hybridized carbons (Fsp3) is 0.214. The number of allylic oxidation sites excluding steroid dienone is 7. The molecule has 0 fully saturated rings. The average molecular weight is 1080 g/mol. The minimum absolute atomic E-state index is 0. The van der Waals surface area contributed by atoms with Crippen molar-refractivity contribution in [2.45, 2.75) is 40.0 Å². The van der Waals surface area contributed by atoms with E-state index in [1.165, 1.54) is 33.8 Å². The topological polar surface area (TPSA) is 245 Å². The van der Waals surface area contributed by atoms with Gasteiger partial charge < -0.3 is 35.3 Å². The molecule has 2 aromatic carbocycles. The molecule has 0 atom stereocenters. The molecule has 0 saturated heterocycles. The third kappa shape index (κ3) is 12.9. The number of aliphatic hydroxyl groups is 2. The van der Waals surface area contributed by atoms with Gasteiger partial charge in [-0.3, -0.25) is 40.0 Å². The molecule has 1 radical (unpaired) electrons. The van der Waals surface area contributed by atoms with Crippen molar-refractivity contribution in [3.05, 3.63) is 152 Å². The molecule has 0 saturated carbocycles. The Bertz CT molecular complexity index is 2870. The number of aromatic nitrogens is 2. The summed E-state index contributed by atoms with van der Waals surface area (Å²) in [5.74, 6) is -1.85. The maximum Gasteiger partial charge on any atom is 0.319 e. The molecule has 2 aromatic heterocycles. The van der Waals surface area contributed by atoms with Crippen molar-refractivity contribution in [3.8, 4) is 0 Å². The summed E-state index contributed by atoms with van der Waals surface area (Å²) in [4.78, 5) is 51.7. The van der Waals surface area contributed by atoms with Crippen LogP contribution in [0.1, 0.15) is 44.4 Å². The quantitative estimate of drug-likeness (QED) is 0.0698. The maximum atomic E-state index is 11.1. The van der Waals surface area contributed by atoms with Gasteiger partial charge in [-0.1, -0.05) is 67.9 Å². The van der Waals surface area contributed by atoms with Gasteiger partial charge in [-0.15, -0.1) is 0 Å². The third-order valence-corrected chi connectivity index (χ3v) is 12.4. The molecule has 18 nitrogen and oxygen atoms in total. The molecule has 2 N–H and O–H groups in total. The number of aryl methyl sites for hydroxylation is 1. The minimum atomic E-state index is -0.600. The van der Waals surface area contributed by atoms with Crippen LogP contribution in [0.15, 0.2) is 126 Å². The Morgan fingerprint density at radius 3 is 1.76 bits per heavy atom. The summed E-state index contributed by atoms with van der Waals surface area (Å²) in [6.45, 7) is 13.3. The number of thiazole rings is 2. The van der Waals surface area contributed by atoms with Gasteiger partial charge in [0.15, 0.2) is 5.71 Å². The number of hydrogen-bond donors (Lipinski definition) is 2. The number of rotatable bonds is 9. The van der Waals surface area contributed by atoms with E-state index in [0.29, 0.717) is 0 Å². The van der Waals surface area contributed by atoms with Crippen LogP contribution in [-0.4, -0.2) is 73.5 Å². The second-order valence-corrected chi connectivity index (χ2v) is 17.9. The van der Waals surface area contributed by atoms with Crippen LogP contribution in [0.4, 0.5) is 21.4 Å². The molecule has 24 heteroatoms. The largest absolute Gasteiger partial charge is 0.506 e. The van der Waals surface area contributed by atoms with Crippen LogP contribution < -0.4 is 24.5 Å². The standard InChI is InChI=1S/C24H30BrN2.2C9H5ClN4O4S.Co/c1-7-27(8-2)20-12-9-18(17(3)15-20)10-14-23-24(4,5)21-16-19(25)11-13-22(21)26(23)6;2*10-4-1-5(7(16)2-6(4)15)12-13-9-11-3-8(19-9)14(17)18;/h9-16H,7-8H2,1-6H3;2*1-3H,(H2,11,13,15,16);/q+1;;;/p-2. The molecule has 4 aromatic rings. The zero-order valence-corrected chi connectivity index (χ0v) is 41.4. The van der Waals surface area contributed by atoms with E-state index in [1.54, 1.807) is 0 Å². The number of aliphatic hydroxyl groups excluding tert-OH is 2. The molecule has 66 heavy (non-hydrogen) atoms. The summed E-state index contributed by atoms with van der Waals surface area (Å²) in [6, 6.07) is 13.3. The van der Waals surface area contributed by atoms with Gasteiger partial charge >= 0.3 is 10.0 Å². The van der Waals surface area contributed by atoms with Gasteiger partial charge in [0.25, 0.3) is 0 Å². The Morgan fingerprint density at radius 2 is 1.32 bits per heavy atom. The third-order valence-electron chi connectivity index (χ3n) is 9.66. The zero-order chi connectivity index (χ0) is 47.7. The molecule has 1 aliphatic heterocycles. The van der Waals surface area contributed by atoms with Gasteiger partial charge in [0.05, 0.1) is 25.3 Å². The van der Waals surface area contributed by atoms with E-state index in [0.717, 1.165) is 76.9 Å². The zero-order valence-electron chi connectivity index (χ0n) is 35.6. The SMILES string of the molecule is CCN(CC)c1ccc(/C=C/C2=[N+](C)c3ccc(Br)cc3C2(C)C)c(C)c1.O=C1C=C(O)C(=NN=c2[n-]cc([N+](=O)[O-])s2)C=C1Cl.O=C1C=C(O)C(=NN=c2[n-]cc([N+](=O)[O-])s2)C=C1Cl.[Co]. The summed E-state index contributed by atoms with van der Waals surface area (Å²) in [5.41, 5.74) is 7.81. The smallest absolute Gasteiger partial charge is 0.319 e. The van der Waals surface area contributed by atoms with Crippen molar-refractivity contribution in [2.24, 2.45) is 20.4 Å². The average Bonchev–Trinajstić information content (AvgIpc) is 3.98. The molecule has 3 aliphatic rings. The van der Waals surface area contributed by atoms with Crippen LogP contribution in [0.3, 0.4) is 0 Å². The first-order valence-electron chi connectivity index (χ1n) is 19.1. The number of nitro groups is 2. The van der Waals surface area contributed by atoms with Gasteiger partial charge in [-0.25, -0.2) is 0 Å². The molecule has 347 valence electrons. The monoisotopic (exact) mass is 1080 g/mol. The first kappa shape index (κ1) is 52.7. The number of hydrogen-bond acceptors (Lipinski definition) is 15. The number of anilines is 1. The van der Waals surface area contributed by atoms with Crippen molar-refractivity contribution < 1.29 is 51.0 Å². The predicted octanol–water partition coefficient (Wildman–Crippen LogP) is 8.36. The van der Waals surface area contributed by atoms with Gasteiger partial charge in [0, 0.05) is 91.9 Å². The molecule has 3 heterocycles. The van der Waals surface area contributed by atoms with Crippen LogP contribution >= 0.6 is 61.8 Å². The normalized spacial score (nSPS) is 17.0. The van der Waals surface area contributed by atoms with Crippen LogP contribution in [0.2, 0.25) is 0 Å². The van der Waals surface area contributed by atoms with E-state index in [4.69, 9.17) is 23.2 Å². The Kier molecular flexibility index (Phi) is 18.4. The number of nitrogens with zero attached hydrogens (tertiary/aromatic N) is 10. The Balaban J connectivity index is 0.000000220. The van der Waals surface area contributed by atoms with Crippen molar-refractivity contribution in [1.82, 2.24) is 9.97 Å². The first-order valence-corrected chi connectivity index (χ1v) is 22.3. The van der Waals surface area contributed by atoms with E-state index < -0.39 is 21.4 Å². The molecule has 0 unspecified atom stereocenters. The van der Waals surface area contributed by atoms with Crippen molar-refractivity contribution in [2.75, 3.05) is 25.0 Å². The second-order valence-electron chi connectivity index (χ2n) is 14.2. The predicted molar refractivity (Wildman–Crippen MR) is 256 cm³/mol. The van der Waals surface area contributed by atoms with Crippen molar-refractivity contribution in [3.63, 3.8) is 0 Å². The summed E-state index contributed by atoms with van der Waals surface area (Å²) >= 11 is 16.2. The molecule has 2 aliphatic carbocycles. The fourth-order valence-electron chi connectivity index (χ4n) is 6.30. The van der Waals surface area contributed by atoms with E-state index >= 15 is 0 Å². The van der Waals surface area contributed by atoms with Crippen LogP contribution in [0.25, 0.3) is 6.08 Å². The molecule has 0 amide bonds. The fourth-order valence-corrected chi connectivity index (χ4v) is 8.09. The van der Waals surface area contributed by atoms with Gasteiger partial charge in [-0.05, 0) is 88.2 Å². The number of ketones is 2. The Labute approximate surface area is 413 Å². The summed E-state index contributed by atoms with van der Waals surface area (Å²) in [7, 11) is 2.16. The minimum Gasteiger partial charge on any atom is -0.506 e. The number of benzene rings is 2. The Hall–Kier alpha value is -5.88. The van der Waals surface area contributed by atoms with E-state index in [2.05, 4.69) is 146 Å². The molecular weight excluding hydrogens is 1050 g/mol. The summed E-state index contributed by atoms with van der Waals surface area (Å²) in [5, 5.41) is 53.7. The maximum absolute atomic E-state index is 11.1. The number of carbonyl (C=O) groups excluding carboxylic acids is 2. The van der Waals surface area contributed by atoms with Crippen molar-refractivity contribution in [1.29, 1.82) is 0 Å². The van der Waals surface area contributed by atoms with E-state index in [1.807, 2.05) is 0 Å². The van der Waals surface area contributed by atoms with Crippen LogP contribution in [-0.2, 0) is 31.8 Å². The Morgan fingerprint density at radius 1 is 0.818 bits per heavy atom. The molecule has 7 rings (SSSR count). The summed E-state index contributed by atoms with van der Waals surface area (Å²) < 4.78 is 3.45. The number of carbonyl (C=O) groups is 2. The second kappa shape index (κ2) is 23.0. The van der Waals surface area contributed by atoms with Crippen LogP contribution in [0.5, 0.6) is 0 Å². The summed E-state index contributed by atoms with van der Waals surface area (Å²) in [6.07, 6.45) is 10.7. The number of halogens is 3.